The molecule has 0 unspecified atom stereocenters. The lowest BCUT2D eigenvalue weighted by atomic mass is 10.2. The topological polar surface area (TPSA) is 29.3 Å². The Kier molecular flexibility index (Phi) is 7.42. The summed E-state index contributed by atoms with van der Waals surface area (Å²) in [6.07, 6.45) is 5.71. The first kappa shape index (κ1) is 15.0. The van der Waals surface area contributed by atoms with E-state index in [4.69, 9.17) is 5.73 Å². The minimum Gasteiger partial charge on any atom is -0.369 e. The van der Waals surface area contributed by atoms with E-state index in [1.807, 2.05) is 12.1 Å². The molecule has 0 atom stereocenters. The first-order valence-electron chi connectivity index (χ1n) is 6.99. The maximum Gasteiger partial charge on any atom is 0.146 e. The molecule has 0 bridgehead atoms. The van der Waals surface area contributed by atoms with Crippen molar-refractivity contribution in [1.29, 1.82) is 0 Å². The van der Waals surface area contributed by atoms with Crippen molar-refractivity contribution >= 4 is 5.69 Å². The van der Waals surface area contributed by atoms with Crippen LogP contribution in [0.5, 0.6) is 0 Å². The maximum atomic E-state index is 13.8. The molecule has 0 aliphatic rings. The van der Waals surface area contributed by atoms with Gasteiger partial charge in [-0.3, -0.25) is 0 Å². The average Bonchev–Trinajstić information content (AvgIpc) is 2.39. The van der Waals surface area contributed by atoms with Crippen LogP contribution >= 0.6 is 0 Å². The average molecular weight is 252 g/mol. The molecule has 0 spiro atoms. The minimum absolute atomic E-state index is 0.134. The highest BCUT2D eigenvalue weighted by Gasteiger charge is 2.09. The van der Waals surface area contributed by atoms with E-state index < -0.39 is 0 Å². The zero-order valence-corrected chi connectivity index (χ0v) is 11.4. The van der Waals surface area contributed by atoms with E-state index in [0.29, 0.717) is 12.2 Å². The summed E-state index contributed by atoms with van der Waals surface area (Å²) in [7, 11) is 0. The summed E-state index contributed by atoms with van der Waals surface area (Å²) < 4.78 is 13.8. The van der Waals surface area contributed by atoms with Gasteiger partial charge in [-0.1, -0.05) is 38.3 Å². The molecular formula is C15H25FN2. The predicted molar refractivity (Wildman–Crippen MR) is 76.4 cm³/mol. The number of benzene rings is 1. The molecule has 1 aromatic rings. The van der Waals surface area contributed by atoms with Crippen LogP contribution in [0.2, 0.25) is 0 Å². The molecule has 18 heavy (non-hydrogen) atoms. The van der Waals surface area contributed by atoms with Gasteiger partial charge in [0.2, 0.25) is 0 Å². The summed E-state index contributed by atoms with van der Waals surface area (Å²) >= 11 is 0. The van der Waals surface area contributed by atoms with Gasteiger partial charge in [0.05, 0.1) is 5.69 Å². The zero-order chi connectivity index (χ0) is 13.2. The van der Waals surface area contributed by atoms with Crippen LogP contribution in [0.1, 0.15) is 39.0 Å². The summed E-state index contributed by atoms with van der Waals surface area (Å²) in [6, 6.07) is 7.00. The van der Waals surface area contributed by atoms with Crippen LogP contribution in [0.25, 0.3) is 0 Å². The third-order valence-electron chi connectivity index (χ3n) is 3.11. The van der Waals surface area contributed by atoms with Gasteiger partial charge in [-0.15, -0.1) is 0 Å². The Morgan fingerprint density at radius 2 is 1.78 bits per heavy atom. The number of anilines is 1. The second kappa shape index (κ2) is 8.92. The van der Waals surface area contributed by atoms with Crippen LogP contribution < -0.4 is 10.6 Å². The number of nitrogens with two attached hydrogens (primary N) is 1. The standard InChI is InChI=1S/C15H25FN2/c1-2-3-4-7-12-18(13-8-11-17)15-10-6-5-9-14(15)16/h5-6,9-10H,2-4,7-8,11-13,17H2,1H3. The van der Waals surface area contributed by atoms with Gasteiger partial charge in [0.15, 0.2) is 0 Å². The molecule has 2 N–H and O–H groups in total. The summed E-state index contributed by atoms with van der Waals surface area (Å²) in [5.41, 5.74) is 6.26. The molecule has 0 fully saturated rings. The highest BCUT2D eigenvalue weighted by atomic mass is 19.1. The van der Waals surface area contributed by atoms with Gasteiger partial charge in [-0.2, -0.15) is 0 Å². The fourth-order valence-electron chi connectivity index (χ4n) is 2.07. The van der Waals surface area contributed by atoms with Crippen LogP contribution in [0, 0.1) is 5.82 Å². The Morgan fingerprint density at radius 1 is 1.06 bits per heavy atom. The number of rotatable bonds is 9. The van der Waals surface area contributed by atoms with Crippen molar-refractivity contribution in [3.8, 4) is 0 Å². The van der Waals surface area contributed by atoms with E-state index in [0.717, 1.165) is 25.9 Å². The van der Waals surface area contributed by atoms with E-state index in [9.17, 15) is 4.39 Å². The molecule has 1 aromatic carbocycles. The van der Waals surface area contributed by atoms with Crippen LogP contribution in [0.15, 0.2) is 24.3 Å². The molecule has 0 aliphatic heterocycles. The van der Waals surface area contributed by atoms with Crippen molar-refractivity contribution in [2.75, 3.05) is 24.5 Å². The quantitative estimate of drug-likeness (QED) is 0.681. The lowest BCUT2D eigenvalue weighted by Crippen LogP contribution is -2.28. The SMILES string of the molecule is CCCCCCN(CCCN)c1ccccc1F. The zero-order valence-electron chi connectivity index (χ0n) is 11.4. The van der Waals surface area contributed by atoms with Crippen LogP contribution in [-0.2, 0) is 0 Å². The first-order valence-corrected chi connectivity index (χ1v) is 6.99. The molecule has 0 radical (unpaired) electrons. The van der Waals surface area contributed by atoms with E-state index in [1.54, 1.807) is 6.07 Å². The second-order valence-electron chi connectivity index (χ2n) is 4.64. The number of hydrogen-bond acceptors (Lipinski definition) is 2. The van der Waals surface area contributed by atoms with Crippen molar-refractivity contribution < 1.29 is 4.39 Å². The third kappa shape index (κ3) is 5.05. The molecule has 3 heteroatoms. The van der Waals surface area contributed by atoms with E-state index >= 15 is 0 Å². The third-order valence-corrected chi connectivity index (χ3v) is 3.11. The van der Waals surface area contributed by atoms with Gasteiger partial charge < -0.3 is 10.6 Å². The molecule has 0 saturated heterocycles. The van der Waals surface area contributed by atoms with Gasteiger partial charge in [0.25, 0.3) is 0 Å². The molecule has 0 amide bonds. The van der Waals surface area contributed by atoms with Crippen LogP contribution in [0.4, 0.5) is 10.1 Å². The largest absolute Gasteiger partial charge is 0.369 e. The molecule has 0 aromatic heterocycles. The van der Waals surface area contributed by atoms with Gasteiger partial charge in [0, 0.05) is 13.1 Å². The van der Waals surface area contributed by atoms with Gasteiger partial charge in [-0.05, 0) is 31.5 Å². The van der Waals surface area contributed by atoms with Crippen molar-refractivity contribution in [3.05, 3.63) is 30.1 Å². The van der Waals surface area contributed by atoms with Gasteiger partial charge >= 0.3 is 0 Å². The van der Waals surface area contributed by atoms with E-state index in [1.165, 1.54) is 25.3 Å². The Morgan fingerprint density at radius 3 is 2.44 bits per heavy atom. The number of halogens is 1. The van der Waals surface area contributed by atoms with E-state index in [-0.39, 0.29) is 5.82 Å². The second-order valence-corrected chi connectivity index (χ2v) is 4.64. The van der Waals surface area contributed by atoms with Crippen LogP contribution in [-0.4, -0.2) is 19.6 Å². The molecule has 1 rings (SSSR count). The highest BCUT2D eigenvalue weighted by molar-refractivity contribution is 5.47. The van der Waals surface area contributed by atoms with Crippen molar-refractivity contribution in [2.24, 2.45) is 5.73 Å². The molecule has 0 heterocycles. The predicted octanol–water partition coefficient (Wildman–Crippen LogP) is 3.56. The Hall–Kier alpha value is -1.09. The van der Waals surface area contributed by atoms with Crippen molar-refractivity contribution in [1.82, 2.24) is 0 Å². The smallest absolute Gasteiger partial charge is 0.146 e. The summed E-state index contributed by atoms with van der Waals surface area (Å²) in [5.74, 6) is -0.134. The maximum absolute atomic E-state index is 13.8. The summed E-state index contributed by atoms with van der Waals surface area (Å²) in [5, 5.41) is 0. The Bertz CT molecular complexity index is 328. The lowest BCUT2D eigenvalue weighted by molar-refractivity contribution is 0.596. The van der Waals surface area contributed by atoms with Gasteiger partial charge in [-0.25, -0.2) is 4.39 Å². The van der Waals surface area contributed by atoms with Crippen LogP contribution in [0.3, 0.4) is 0 Å². The number of unbranched alkanes of at least 4 members (excludes halogenated alkanes) is 3. The molecule has 0 saturated carbocycles. The molecule has 102 valence electrons. The number of para-hydroxylation sites is 1. The number of hydrogen-bond donors (Lipinski definition) is 1. The summed E-state index contributed by atoms with van der Waals surface area (Å²) in [6.45, 7) is 4.60. The fraction of sp³-hybridized carbons (Fsp3) is 0.600. The number of nitrogens with zero attached hydrogens (tertiary/aromatic N) is 1. The van der Waals surface area contributed by atoms with Gasteiger partial charge in [0.1, 0.15) is 5.82 Å². The Labute approximate surface area is 110 Å². The first-order chi connectivity index (χ1) is 8.79. The minimum atomic E-state index is -0.134. The van der Waals surface area contributed by atoms with Crippen molar-refractivity contribution in [3.63, 3.8) is 0 Å². The fourth-order valence-corrected chi connectivity index (χ4v) is 2.07. The Balaban J connectivity index is 2.57. The molecule has 0 aliphatic carbocycles. The lowest BCUT2D eigenvalue weighted by Gasteiger charge is -2.25. The normalized spacial score (nSPS) is 10.6. The van der Waals surface area contributed by atoms with E-state index in [2.05, 4.69) is 11.8 Å². The van der Waals surface area contributed by atoms with Crippen molar-refractivity contribution in [2.45, 2.75) is 39.0 Å². The molecular weight excluding hydrogens is 227 g/mol. The molecule has 2 nitrogen and oxygen atoms in total. The monoisotopic (exact) mass is 252 g/mol. The highest BCUT2D eigenvalue weighted by Crippen LogP contribution is 2.19. The summed E-state index contributed by atoms with van der Waals surface area (Å²) in [4.78, 5) is 2.12.